The number of nitrogens with zero attached hydrogens (tertiary/aromatic N) is 2. The maximum Gasteiger partial charge on any atom is 0.185 e. The normalized spacial score (nSPS) is 10.3. The van der Waals surface area contributed by atoms with E-state index in [1.54, 1.807) is 18.3 Å². The minimum atomic E-state index is 0.114. The summed E-state index contributed by atoms with van der Waals surface area (Å²) < 4.78 is 1.53. The van der Waals surface area contributed by atoms with E-state index >= 15 is 0 Å². The largest absolute Gasteiger partial charge is 0.506 e. The molecule has 2 rings (SSSR count). The molecule has 0 fully saturated rings. The van der Waals surface area contributed by atoms with Crippen molar-refractivity contribution in [2.75, 3.05) is 0 Å². The van der Waals surface area contributed by atoms with Crippen molar-refractivity contribution < 1.29 is 9.90 Å². The molecule has 4 nitrogen and oxygen atoms in total. The van der Waals surface area contributed by atoms with Gasteiger partial charge < -0.3 is 5.11 Å². The summed E-state index contributed by atoms with van der Waals surface area (Å²) in [7, 11) is 0. The van der Waals surface area contributed by atoms with Crippen LogP contribution in [0.15, 0.2) is 24.5 Å². The number of rotatable bonds is 1. The second-order valence-corrected chi connectivity index (χ2v) is 2.42. The number of hydrogen-bond acceptors (Lipinski definition) is 3. The van der Waals surface area contributed by atoms with Crippen molar-refractivity contribution >= 4 is 11.8 Å². The van der Waals surface area contributed by atoms with E-state index in [1.165, 1.54) is 10.6 Å². The molecule has 2 aromatic rings. The predicted octanol–water partition coefficient (Wildman–Crippen LogP) is 0.852. The molecule has 0 unspecified atom stereocenters. The number of carbonyl (C=O) groups excluding carboxylic acids is 1. The van der Waals surface area contributed by atoms with E-state index in [1.807, 2.05) is 0 Å². The minimum absolute atomic E-state index is 0.114. The van der Waals surface area contributed by atoms with Crippen molar-refractivity contribution in [1.29, 1.82) is 0 Å². The van der Waals surface area contributed by atoms with Gasteiger partial charge in [-0.25, -0.2) is 4.98 Å². The quantitative estimate of drug-likeness (QED) is 0.632. The first kappa shape index (κ1) is 6.84. The Morgan fingerprint density at radius 3 is 3.08 bits per heavy atom. The molecule has 4 heteroatoms. The van der Waals surface area contributed by atoms with E-state index in [0.29, 0.717) is 12.1 Å². The molecule has 12 heavy (non-hydrogen) atoms. The fourth-order valence-corrected chi connectivity index (χ4v) is 1.09. The van der Waals surface area contributed by atoms with Crippen molar-refractivity contribution in [2.45, 2.75) is 0 Å². The number of pyridine rings is 1. The molecule has 0 spiro atoms. The lowest BCUT2D eigenvalue weighted by atomic mass is 10.4. The zero-order chi connectivity index (χ0) is 8.55. The maximum atomic E-state index is 10.4. The molecule has 2 aromatic heterocycles. The van der Waals surface area contributed by atoms with Gasteiger partial charge in [0, 0.05) is 0 Å². The molecule has 0 saturated carbocycles. The Bertz CT molecular complexity index is 434. The molecule has 1 N–H and O–H groups in total. The predicted molar refractivity (Wildman–Crippen MR) is 42.2 cm³/mol. The number of aromatic nitrogens is 2. The van der Waals surface area contributed by atoms with Gasteiger partial charge in [0.15, 0.2) is 12.1 Å². The molecule has 0 aliphatic rings. The molecule has 0 aliphatic heterocycles. The van der Waals surface area contributed by atoms with Crippen LogP contribution in [0, 0.1) is 0 Å². The lowest BCUT2D eigenvalue weighted by Gasteiger charge is -1.95. The van der Waals surface area contributed by atoms with Crippen molar-refractivity contribution in [2.24, 2.45) is 0 Å². The van der Waals surface area contributed by atoms with Gasteiger partial charge in [-0.2, -0.15) is 0 Å². The molecule has 0 aliphatic carbocycles. The molecule has 0 amide bonds. The molecule has 0 saturated heterocycles. The number of aldehydes is 1. The Balaban J connectivity index is 2.83. The molecule has 0 bridgehead atoms. The van der Waals surface area contributed by atoms with Crippen LogP contribution in [0.3, 0.4) is 0 Å². The van der Waals surface area contributed by atoms with Gasteiger partial charge in [0.2, 0.25) is 0 Å². The Kier molecular flexibility index (Phi) is 1.33. The molecular formula is C8H6N2O2. The summed E-state index contributed by atoms with van der Waals surface area (Å²) in [5.41, 5.74) is 0.787. The highest BCUT2D eigenvalue weighted by Gasteiger charge is 2.01. The van der Waals surface area contributed by atoms with Gasteiger partial charge in [-0.3, -0.25) is 9.20 Å². The number of imidazole rings is 1. The summed E-state index contributed by atoms with van der Waals surface area (Å²) in [4.78, 5) is 14.3. The fraction of sp³-hybridized carbons (Fsp3) is 0. The van der Waals surface area contributed by atoms with Crippen LogP contribution in [-0.4, -0.2) is 20.8 Å². The summed E-state index contributed by atoms with van der Waals surface area (Å²) >= 11 is 0. The van der Waals surface area contributed by atoms with E-state index in [9.17, 15) is 4.79 Å². The fourth-order valence-electron chi connectivity index (χ4n) is 1.09. The highest BCUT2D eigenvalue weighted by molar-refractivity contribution is 5.72. The van der Waals surface area contributed by atoms with Gasteiger partial charge in [-0.1, -0.05) is 0 Å². The summed E-state index contributed by atoms with van der Waals surface area (Å²) in [6, 6.07) is 3.24. The zero-order valence-electron chi connectivity index (χ0n) is 6.14. The van der Waals surface area contributed by atoms with E-state index in [0.717, 1.165) is 5.52 Å². The third-order valence-electron chi connectivity index (χ3n) is 1.65. The second kappa shape index (κ2) is 2.34. The third-order valence-corrected chi connectivity index (χ3v) is 1.65. The molecular weight excluding hydrogens is 156 g/mol. The van der Waals surface area contributed by atoms with Crippen LogP contribution in [0.1, 0.15) is 10.6 Å². The monoisotopic (exact) mass is 162 g/mol. The van der Waals surface area contributed by atoms with Crippen LogP contribution in [-0.2, 0) is 0 Å². The molecule has 2 heterocycles. The summed E-state index contributed by atoms with van der Waals surface area (Å²) in [5, 5.41) is 9.10. The minimum Gasteiger partial charge on any atom is -0.506 e. The molecule has 0 atom stereocenters. The smallest absolute Gasteiger partial charge is 0.185 e. The Morgan fingerprint density at radius 2 is 2.33 bits per heavy atom. The number of carbonyl (C=O) groups is 1. The van der Waals surface area contributed by atoms with Crippen molar-refractivity contribution in [3.63, 3.8) is 0 Å². The van der Waals surface area contributed by atoms with E-state index in [-0.39, 0.29) is 5.75 Å². The van der Waals surface area contributed by atoms with Crippen LogP contribution >= 0.6 is 0 Å². The highest BCUT2D eigenvalue weighted by atomic mass is 16.3. The van der Waals surface area contributed by atoms with Gasteiger partial charge in [-0.15, -0.1) is 0 Å². The Morgan fingerprint density at radius 1 is 1.50 bits per heavy atom. The Labute approximate surface area is 68.1 Å². The van der Waals surface area contributed by atoms with Crippen molar-refractivity contribution in [3.8, 4) is 5.75 Å². The van der Waals surface area contributed by atoms with Gasteiger partial charge >= 0.3 is 0 Å². The van der Waals surface area contributed by atoms with Crippen LogP contribution < -0.4 is 0 Å². The first-order chi connectivity index (χ1) is 5.81. The van der Waals surface area contributed by atoms with E-state index in [2.05, 4.69) is 4.98 Å². The van der Waals surface area contributed by atoms with Gasteiger partial charge in [0.05, 0.1) is 17.9 Å². The number of aromatic hydroxyl groups is 1. The van der Waals surface area contributed by atoms with E-state index < -0.39 is 0 Å². The average Bonchev–Trinajstić information content (AvgIpc) is 2.46. The van der Waals surface area contributed by atoms with Crippen molar-refractivity contribution in [1.82, 2.24) is 9.38 Å². The molecule has 0 radical (unpaired) electrons. The van der Waals surface area contributed by atoms with E-state index in [4.69, 9.17) is 5.11 Å². The number of fused-ring (bicyclic) bond motifs is 1. The topological polar surface area (TPSA) is 54.6 Å². The lowest BCUT2D eigenvalue weighted by molar-refractivity contribution is 0.111. The first-order valence-electron chi connectivity index (χ1n) is 3.42. The summed E-state index contributed by atoms with van der Waals surface area (Å²) in [5.74, 6) is 0.407. The van der Waals surface area contributed by atoms with Gasteiger partial charge in [0.1, 0.15) is 5.75 Å². The Hall–Kier alpha value is -1.84. The average molecular weight is 162 g/mol. The van der Waals surface area contributed by atoms with Crippen LogP contribution in [0.4, 0.5) is 0 Å². The molecule has 60 valence electrons. The standard InChI is InChI=1S/C8H6N2O2/c11-5-8-9-3-6-1-2-7(12)4-10(6)8/h1-5,12H. The summed E-state index contributed by atoms with van der Waals surface area (Å²) in [6.45, 7) is 0. The summed E-state index contributed by atoms with van der Waals surface area (Å²) in [6.07, 6.45) is 3.67. The van der Waals surface area contributed by atoms with Crippen LogP contribution in [0.5, 0.6) is 5.75 Å². The van der Waals surface area contributed by atoms with Gasteiger partial charge in [-0.05, 0) is 12.1 Å². The number of hydrogen-bond donors (Lipinski definition) is 1. The van der Waals surface area contributed by atoms with Crippen LogP contribution in [0.25, 0.3) is 5.52 Å². The SMILES string of the molecule is O=Cc1ncc2ccc(O)cn12. The van der Waals surface area contributed by atoms with Crippen LogP contribution in [0.2, 0.25) is 0 Å². The highest BCUT2D eigenvalue weighted by Crippen LogP contribution is 2.12. The van der Waals surface area contributed by atoms with Gasteiger partial charge in [0.25, 0.3) is 0 Å². The first-order valence-corrected chi connectivity index (χ1v) is 3.42. The van der Waals surface area contributed by atoms with Crippen molar-refractivity contribution in [3.05, 3.63) is 30.4 Å². The maximum absolute atomic E-state index is 10.4. The zero-order valence-corrected chi connectivity index (χ0v) is 6.14. The lowest BCUT2D eigenvalue weighted by Crippen LogP contribution is -1.90. The molecule has 0 aromatic carbocycles. The third kappa shape index (κ3) is 0.852. The second-order valence-electron chi connectivity index (χ2n) is 2.42.